The van der Waals surface area contributed by atoms with E-state index in [1.165, 1.54) is 0 Å². The van der Waals surface area contributed by atoms with E-state index in [1.807, 2.05) is 13.2 Å². The van der Waals surface area contributed by atoms with E-state index >= 15 is 0 Å². The predicted molar refractivity (Wildman–Crippen MR) is 134 cm³/mol. The van der Waals surface area contributed by atoms with Gasteiger partial charge >= 0.3 is 12.1 Å². The summed E-state index contributed by atoms with van der Waals surface area (Å²) in [6.07, 6.45) is 1.91. The Bertz CT molecular complexity index is 1470. The van der Waals surface area contributed by atoms with Gasteiger partial charge in [0.25, 0.3) is 5.56 Å². The van der Waals surface area contributed by atoms with E-state index in [1.54, 1.807) is 47.5 Å². The van der Waals surface area contributed by atoms with Gasteiger partial charge in [0.15, 0.2) is 5.60 Å². The molecule has 1 N–H and O–H groups in total. The fourth-order valence-electron chi connectivity index (χ4n) is 4.94. The number of aryl methyl sites for hydroxylation is 1. The van der Waals surface area contributed by atoms with Gasteiger partial charge in [-0.2, -0.15) is 11.8 Å². The molecule has 2 aliphatic heterocycles. The molecule has 2 aromatic heterocycles. The molecule has 0 saturated carbocycles. The standard InChI is InChI=1S/C26H26N2O7S/c1-4-15-16-10-14(35-25(31)33-8-9-36-3)6-7-20(16)27-22-17(15)12-28-21(22)11-19-18(23(28)29)13-34-24(30)26(19,32)5-2/h6-7,10-11,32H,4-5,8-9,12-13H2,1-3H3/t26-/m0/s1. The zero-order valence-corrected chi connectivity index (χ0v) is 21.1. The topological polar surface area (TPSA) is 117 Å². The average Bonchev–Trinajstić information content (AvgIpc) is 3.24. The number of carbonyl (C=O) groups excluding carboxylic acids is 2. The van der Waals surface area contributed by atoms with Crippen LogP contribution in [0.4, 0.5) is 4.79 Å². The molecule has 3 aromatic rings. The van der Waals surface area contributed by atoms with Crippen LogP contribution in [-0.4, -0.2) is 45.4 Å². The molecule has 4 heterocycles. The quantitative estimate of drug-likeness (QED) is 0.236. The SMILES string of the molecule is CCc1c2c(nc3ccc(OC(=O)OCCSC)cc13)-c1cc3c(c(=O)n1C2)COC(=O)[C@]3(O)CC. The zero-order chi connectivity index (χ0) is 25.6. The second-order valence-electron chi connectivity index (χ2n) is 8.75. The summed E-state index contributed by atoms with van der Waals surface area (Å²) in [5.41, 5.74) is 2.15. The number of aromatic nitrogens is 2. The lowest BCUT2D eigenvalue weighted by molar-refractivity contribution is -0.172. The number of thioether (sulfide) groups is 1. The highest BCUT2D eigenvalue weighted by atomic mass is 32.2. The number of aliphatic hydroxyl groups is 1. The fourth-order valence-corrected chi connectivity index (χ4v) is 5.19. The van der Waals surface area contributed by atoms with Crippen molar-refractivity contribution in [1.29, 1.82) is 0 Å². The summed E-state index contributed by atoms with van der Waals surface area (Å²) in [7, 11) is 0. The first-order valence-corrected chi connectivity index (χ1v) is 13.2. The summed E-state index contributed by atoms with van der Waals surface area (Å²) in [6, 6.07) is 6.87. The molecule has 0 unspecified atom stereocenters. The van der Waals surface area contributed by atoms with Crippen molar-refractivity contribution in [3.63, 3.8) is 0 Å². The monoisotopic (exact) mass is 510 g/mol. The van der Waals surface area contributed by atoms with Gasteiger partial charge in [-0.1, -0.05) is 13.8 Å². The average molecular weight is 511 g/mol. The molecule has 0 radical (unpaired) electrons. The van der Waals surface area contributed by atoms with Crippen LogP contribution in [0.15, 0.2) is 29.1 Å². The van der Waals surface area contributed by atoms with Gasteiger partial charge in [-0.15, -0.1) is 0 Å². The van der Waals surface area contributed by atoms with Crippen LogP contribution < -0.4 is 10.3 Å². The van der Waals surface area contributed by atoms with Crippen LogP contribution in [0, 0.1) is 0 Å². The van der Waals surface area contributed by atoms with Gasteiger partial charge in [0.05, 0.1) is 29.0 Å². The number of benzene rings is 1. The van der Waals surface area contributed by atoms with E-state index in [2.05, 4.69) is 0 Å². The molecule has 0 fully saturated rings. The number of rotatable bonds is 6. The summed E-state index contributed by atoms with van der Waals surface area (Å²) in [6.45, 7) is 4.09. The lowest BCUT2D eigenvalue weighted by Gasteiger charge is -2.31. The van der Waals surface area contributed by atoms with E-state index < -0.39 is 17.7 Å². The van der Waals surface area contributed by atoms with Crippen molar-refractivity contribution in [1.82, 2.24) is 9.55 Å². The molecule has 36 heavy (non-hydrogen) atoms. The van der Waals surface area contributed by atoms with Gasteiger partial charge < -0.3 is 23.9 Å². The number of carbonyl (C=O) groups is 2. The van der Waals surface area contributed by atoms with Gasteiger partial charge in [-0.05, 0) is 48.9 Å². The number of esters is 1. The molecule has 0 saturated heterocycles. The molecule has 10 heteroatoms. The number of nitrogens with zero attached hydrogens (tertiary/aromatic N) is 2. The Morgan fingerprint density at radius 3 is 2.78 bits per heavy atom. The molecule has 0 aliphatic carbocycles. The zero-order valence-electron chi connectivity index (χ0n) is 20.3. The minimum absolute atomic E-state index is 0.0857. The van der Waals surface area contributed by atoms with E-state index in [-0.39, 0.29) is 36.3 Å². The maximum Gasteiger partial charge on any atom is 0.513 e. The summed E-state index contributed by atoms with van der Waals surface area (Å²) < 4.78 is 17.2. The Balaban J connectivity index is 1.60. The minimum Gasteiger partial charge on any atom is -0.458 e. The third-order valence-corrected chi connectivity index (χ3v) is 7.41. The summed E-state index contributed by atoms with van der Waals surface area (Å²) >= 11 is 1.57. The third kappa shape index (κ3) is 3.75. The largest absolute Gasteiger partial charge is 0.513 e. The van der Waals surface area contributed by atoms with Gasteiger partial charge in [-0.3, -0.25) is 4.79 Å². The van der Waals surface area contributed by atoms with Crippen LogP contribution in [0.1, 0.15) is 42.5 Å². The molecule has 9 nitrogen and oxygen atoms in total. The molecule has 0 amide bonds. The van der Waals surface area contributed by atoms with Gasteiger partial charge in [-0.25, -0.2) is 14.6 Å². The highest BCUT2D eigenvalue weighted by Crippen LogP contribution is 2.40. The highest BCUT2D eigenvalue weighted by molar-refractivity contribution is 7.98. The lowest BCUT2D eigenvalue weighted by atomic mass is 9.86. The molecular weight excluding hydrogens is 484 g/mol. The number of hydrogen-bond acceptors (Lipinski definition) is 9. The van der Waals surface area contributed by atoms with E-state index in [0.29, 0.717) is 41.4 Å². The lowest BCUT2D eigenvalue weighted by Crippen LogP contribution is -2.44. The van der Waals surface area contributed by atoms with Gasteiger partial charge in [0.2, 0.25) is 0 Å². The Morgan fingerprint density at radius 2 is 2.06 bits per heavy atom. The Kier molecular flexibility index (Phi) is 6.25. The van der Waals surface area contributed by atoms with Gasteiger partial charge in [0.1, 0.15) is 19.0 Å². The second-order valence-corrected chi connectivity index (χ2v) is 9.73. The summed E-state index contributed by atoms with van der Waals surface area (Å²) in [5.74, 6) is 0.280. The first kappa shape index (κ1) is 24.3. The first-order chi connectivity index (χ1) is 17.3. The van der Waals surface area contributed by atoms with Crippen molar-refractivity contribution in [2.45, 2.75) is 45.4 Å². The van der Waals surface area contributed by atoms with Crippen LogP contribution in [0.5, 0.6) is 5.75 Å². The normalized spacial score (nSPS) is 17.8. The van der Waals surface area contributed by atoms with Crippen LogP contribution >= 0.6 is 11.8 Å². The molecule has 1 aromatic carbocycles. The minimum atomic E-state index is -1.87. The molecule has 2 aliphatic rings. The Hall–Kier alpha value is -3.37. The number of pyridine rings is 2. The molecule has 5 rings (SSSR count). The first-order valence-electron chi connectivity index (χ1n) is 11.8. The highest BCUT2D eigenvalue weighted by Gasteiger charge is 2.45. The van der Waals surface area contributed by atoms with Crippen molar-refractivity contribution in [2.75, 3.05) is 18.6 Å². The van der Waals surface area contributed by atoms with Crippen LogP contribution in [0.25, 0.3) is 22.3 Å². The second kappa shape index (κ2) is 9.25. The van der Waals surface area contributed by atoms with Crippen molar-refractivity contribution in [3.8, 4) is 17.1 Å². The Labute approximate surface area is 211 Å². The summed E-state index contributed by atoms with van der Waals surface area (Å²) in [5, 5.41) is 11.9. The van der Waals surface area contributed by atoms with E-state index in [0.717, 1.165) is 16.5 Å². The number of cyclic esters (lactones) is 1. The van der Waals surface area contributed by atoms with Crippen molar-refractivity contribution >= 4 is 34.8 Å². The molecular formula is C26H26N2O7S. The molecule has 1 atom stereocenters. The third-order valence-electron chi connectivity index (χ3n) is 6.84. The van der Waals surface area contributed by atoms with Crippen molar-refractivity contribution in [2.24, 2.45) is 0 Å². The molecule has 0 bridgehead atoms. The van der Waals surface area contributed by atoms with Gasteiger partial charge in [0, 0.05) is 22.3 Å². The van der Waals surface area contributed by atoms with Crippen molar-refractivity contribution < 1.29 is 28.9 Å². The molecule has 0 spiro atoms. The Morgan fingerprint density at radius 1 is 1.25 bits per heavy atom. The van der Waals surface area contributed by atoms with E-state index in [4.69, 9.17) is 19.2 Å². The predicted octanol–water partition coefficient (Wildman–Crippen LogP) is 3.52. The maximum absolute atomic E-state index is 13.4. The van der Waals surface area contributed by atoms with E-state index in [9.17, 15) is 19.5 Å². The number of ether oxygens (including phenoxy) is 3. The maximum atomic E-state index is 13.4. The fraction of sp³-hybridized carbons (Fsp3) is 0.385. The van der Waals surface area contributed by atoms with Crippen LogP contribution in [0.3, 0.4) is 0 Å². The van der Waals surface area contributed by atoms with Crippen molar-refractivity contribution in [3.05, 3.63) is 56.9 Å². The number of fused-ring (bicyclic) bond motifs is 5. The molecule has 188 valence electrons. The smallest absolute Gasteiger partial charge is 0.458 e. The van der Waals surface area contributed by atoms with Crippen LogP contribution in [0.2, 0.25) is 0 Å². The number of hydrogen-bond donors (Lipinski definition) is 1. The summed E-state index contributed by atoms with van der Waals surface area (Å²) in [4.78, 5) is 42.7. The van der Waals surface area contributed by atoms with Crippen LogP contribution in [-0.2, 0) is 39.4 Å².